The molecule has 0 aromatic carbocycles. The van der Waals surface area contributed by atoms with Gasteiger partial charge < -0.3 is 26.8 Å². The van der Waals surface area contributed by atoms with Crippen LogP contribution in [0.5, 0.6) is 0 Å². The first-order chi connectivity index (χ1) is 8.34. The van der Waals surface area contributed by atoms with Gasteiger partial charge in [0.05, 0.1) is 0 Å². The molecule has 2 atom stereocenters. The fraction of sp³-hybridized carbons (Fsp3) is 0.667. The van der Waals surface area contributed by atoms with Crippen LogP contribution >= 0.6 is 69.6 Å². The number of urea groups is 2. The van der Waals surface area contributed by atoms with E-state index < -0.39 is 32.1 Å². The number of alkyl halides is 6. The lowest BCUT2D eigenvalue weighted by atomic mass is 10.5. The highest BCUT2D eigenvalue weighted by atomic mass is 35.6. The lowest BCUT2D eigenvalue weighted by Gasteiger charge is -2.32. The molecule has 0 saturated heterocycles. The second-order valence-corrected chi connectivity index (χ2v) is 7.73. The van der Waals surface area contributed by atoms with Gasteiger partial charge in [-0.25, -0.2) is 9.59 Å². The molecule has 0 bridgehead atoms. The number of hydrogen-bond acceptors (Lipinski definition) is 3. The Morgan fingerprint density at radius 1 is 0.842 bits per heavy atom. The van der Waals surface area contributed by atoms with Crippen molar-refractivity contribution in [2.45, 2.75) is 20.0 Å². The number of primary amides is 2. The molecule has 2 unspecified atom stereocenters. The average molecular weight is 397 g/mol. The molecule has 0 radical (unpaired) electrons. The van der Waals surface area contributed by atoms with Crippen LogP contribution in [0.15, 0.2) is 0 Å². The minimum Gasteiger partial charge on any atom is -0.352 e. The number of halogens is 6. The summed E-state index contributed by atoms with van der Waals surface area (Å²) < 4.78 is 0.685. The number of rotatable bonds is 4. The van der Waals surface area contributed by atoms with Gasteiger partial charge in [-0.3, -0.25) is 0 Å². The summed E-state index contributed by atoms with van der Waals surface area (Å²) in [5.41, 5.74) is 9.72. The van der Waals surface area contributed by atoms with Crippen molar-refractivity contribution in [1.29, 1.82) is 0 Å². The summed E-state index contributed by atoms with van der Waals surface area (Å²) in [6, 6.07) is -2.14. The predicted octanol–water partition coefficient (Wildman–Crippen LogP) is 1.73. The van der Waals surface area contributed by atoms with E-state index in [-0.39, 0.29) is 0 Å². The molecule has 0 rings (SSSR count). The van der Waals surface area contributed by atoms with Crippen molar-refractivity contribution in [3.05, 3.63) is 0 Å². The highest BCUT2D eigenvalue weighted by molar-refractivity contribution is 6.68. The van der Waals surface area contributed by atoms with E-state index in [1.165, 1.54) is 0 Å². The van der Waals surface area contributed by atoms with Gasteiger partial charge in [0, 0.05) is 0 Å². The number of amides is 4. The normalized spacial score (nSPS) is 15.5. The number of hydrogen-bond donors (Lipinski definition) is 4. The third-order valence-electron chi connectivity index (χ3n) is 1.41. The first-order valence-corrected chi connectivity index (χ1v) is 6.51. The molecule has 112 valence electrons. The highest BCUT2D eigenvalue weighted by Crippen LogP contribution is 2.36. The maximum atomic E-state index is 10.8. The Hall–Kier alpha value is 0.240. The van der Waals surface area contributed by atoms with Crippen LogP contribution in [0.3, 0.4) is 0 Å². The van der Waals surface area contributed by atoms with Crippen LogP contribution in [0.25, 0.3) is 0 Å². The maximum absolute atomic E-state index is 10.8. The lowest BCUT2D eigenvalue weighted by molar-refractivity contribution is -0.0289. The van der Waals surface area contributed by atoms with Crippen molar-refractivity contribution in [1.82, 2.24) is 10.6 Å². The summed E-state index contributed by atoms with van der Waals surface area (Å²) in [5, 5.41) is 3.90. The third kappa shape index (κ3) is 8.19. The van der Waals surface area contributed by atoms with E-state index in [1.807, 2.05) is 10.6 Å². The van der Waals surface area contributed by atoms with E-state index in [4.69, 9.17) is 85.8 Å². The smallest absolute Gasteiger partial charge is 0.314 e. The SMILES string of the molecule is NC(=O)NC(OC(NC(N)=O)C(Cl)(Cl)Cl)C(Cl)(Cl)Cl. The zero-order valence-corrected chi connectivity index (χ0v) is 13.3. The molecule has 0 aliphatic carbocycles. The van der Waals surface area contributed by atoms with Gasteiger partial charge in [-0.2, -0.15) is 0 Å². The van der Waals surface area contributed by atoms with E-state index in [0.717, 1.165) is 0 Å². The number of carbonyl (C=O) groups excluding carboxylic acids is 2. The molecule has 7 nitrogen and oxygen atoms in total. The molecule has 0 aliphatic rings. The van der Waals surface area contributed by atoms with Crippen molar-refractivity contribution in [3.8, 4) is 0 Å². The summed E-state index contributed by atoms with van der Waals surface area (Å²) in [4.78, 5) is 21.5. The van der Waals surface area contributed by atoms with Crippen molar-refractivity contribution in [2.24, 2.45) is 11.5 Å². The molecule has 0 aromatic rings. The Balaban J connectivity index is 5.03. The van der Waals surface area contributed by atoms with Crippen LogP contribution in [0.1, 0.15) is 0 Å². The summed E-state index contributed by atoms with van der Waals surface area (Å²) >= 11 is 33.2. The minimum absolute atomic E-state index is 1.07. The zero-order chi connectivity index (χ0) is 15.4. The van der Waals surface area contributed by atoms with Gasteiger partial charge in [0.15, 0.2) is 12.5 Å². The topological polar surface area (TPSA) is 119 Å². The summed E-state index contributed by atoms with van der Waals surface area (Å²) in [6.45, 7) is 0. The Morgan fingerprint density at radius 2 is 1.11 bits per heavy atom. The Bertz CT molecular complexity index is 311. The molecular weight excluding hydrogens is 389 g/mol. The summed E-state index contributed by atoms with van der Waals surface area (Å²) in [5.74, 6) is 0. The van der Waals surface area contributed by atoms with Gasteiger partial charge in [0.1, 0.15) is 0 Å². The Kier molecular flexibility index (Phi) is 7.40. The number of ether oxygens (including phenoxy) is 1. The maximum Gasteiger partial charge on any atom is 0.314 e. The van der Waals surface area contributed by atoms with Crippen LogP contribution in [-0.4, -0.2) is 32.1 Å². The van der Waals surface area contributed by atoms with Gasteiger partial charge in [0.2, 0.25) is 7.59 Å². The quantitative estimate of drug-likeness (QED) is 0.428. The Labute approximate surface area is 138 Å². The minimum atomic E-state index is -2.15. The van der Waals surface area contributed by atoms with Crippen molar-refractivity contribution in [3.63, 3.8) is 0 Å². The van der Waals surface area contributed by atoms with E-state index in [1.54, 1.807) is 0 Å². The first kappa shape index (κ1) is 19.2. The molecule has 0 fully saturated rings. The molecule has 0 heterocycles. The van der Waals surface area contributed by atoms with Crippen LogP contribution in [0, 0.1) is 0 Å². The fourth-order valence-corrected chi connectivity index (χ4v) is 1.42. The van der Waals surface area contributed by atoms with E-state index in [2.05, 4.69) is 0 Å². The monoisotopic (exact) mass is 394 g/mol. The molecule has 19 heavy (non-hydrogen) atoms. The molecule has 0 saturated carbocycles. The zero-order valence-electron chi connectivity index (χ0n) is 8.80. The fourth-order valence-electron chi connectivity index (χ4n) is 0.781. The molecule has 4 amide bonds. The second-order valence-electron chi connectivity index (χ2n) is 3.00. The van der Waals surface area contributed by atoms with Crippen LogP contribution in [-0.2, 0) is 4.74 Å². The van der Waals surface area contributed by atoms with E-state index in [0.29, 0.717) is 0 Å². The van der Waals surface area contributed by atoms with Crippen molar-refractivity contribution in [2.75, 3.05) is 0 Å². The van der Waals surface area contributed by atoms with E-state index in [9.17, 15) is 9.59 Å². The molecular formula is C6H8Cl6N4O3. The van der Waals surface area contributed by atoms with Gasteiger partial charge in [0.25, 0.3) is 0 Å². The number of nitrogens with one attached hydrogen (secondary N) is 2. The third-order valence-corrected chi connectivity index (χ3v) is 2.60. The molecule has 0 aromatic heterocycles. The first-order valence-electron chi connectivity index (χ1n) is 4.25. The van der Waals surface area contributed by atoms with Crippen molar-refractivity contribution < 1.29 is 14.3 Å². The molecule has 13 heteroatoms. The van der Waals surface area contributed by atoms with Crippen LogP contribution < -0.4 is 22.1 Å². The summed E-state index contributed by atoms with van der Waals surface area (Å²) in [7, 11) is 0. The molecule has 0 aliphatic heterocycles. The van der Waals surface area contributed by atoms with Crippen LogP contribution in [0.2, 0.25) is 0 Å². The second kappa shape index (κ2) is 7.31. The Morgan fingerprint density at radius 3 is 1.26 bits per heavy atom. The van der Waals surface area contributed by atoms with Gasteiger partial charge in [-0.05, 0) is 0 Å². The number of nitrogens with two attached hydrogens (primary N) is 2. The van der Waals surface area contributed by atoms with E-state index >= 15 is 0 Å². The van der Waals surface area contributed by atoms with Crippen LogP contribution in [0.4, 0.5) is 9.59 Å². The summed E-state index contributed by atoms with van der Waals surface area (Å²) in [6.07, 6.45) is -3.22. The largest absolute Gasteiger partial charge is 0.352 e. The lowest BCUT2D eigenvalue weighted by Crippen LogP contribution is -2.56. The van der Waals surface area contributed by atoms with Gasteiger partial charge >= 0.3 is 12.1 Å². The average Bonchev–Trinajstić information content (AvgIpc) is 2.10. The number of carbonyl (C=O) groups is 2. The van der Waals surface area contributed by atoms with Gasteiger partial charge in [-0.15, -0.1) is 0 Å². The predicted molar refractivity (Wildman–Crippen MR) is 74.7 cm³/mol. The highest BCUT2D eigenvalue weighted by Gasteiger charge is 2.42. The van der Waals surface area contributed by atoms with Crippen molar-refractivity contribution >= 4 is 81.7 Å². The standard InChI is InChI=1S/C6H8Cl6N4O3/c7-5(8,9)1(15-3(13)17)19-2(6(10,11)12)16-4(14)18/h1-2H,(H3,13,15,17)(H3,14,16,18). The molecule has 6 N–H and O–H groups in total. The van der Waals surface area contributed by atoms with Gasteiger partial charge in [-0.1, -0.05) is 69.6 Å². The molecule has 0 spiro atoms.